The number of aromatic nitrogens is 4. The van der Waals surface area contributed by atoms with E-state index in [0.717, 1.165) is 83.0 Å². The van der Waals surface area contributed by atoms with Crippen molar-refractivity contribution in [1.82, 2.24) is 30.0 Å². The van der Waals surface area contributed by atoms with Gasteiger partial charge in [0.1, 0.15) is 6.04 Å². The second kappa shape index (κ2) is 11.7. The molecule has 220 valence electrons. The van der Waals surface area contributed by atoms with E-state index in [9.17, 15) is 19.2 Å². The predicted octanol–water partition coefficient (Wildman–Crippen LogP) is 4.18. The van der Waals surface area contributed by atoms with Crippen LogP contribution in [0, 0.1) is 13.8 Å². The molecule has 2 aliphatic rings. The summed E-state index contributed by atoms with van der Waals surface area (Å²) in [4.78, 5) is 60.0. The standard InChI is InChI=1S/C32H33N7O4/c1-19-29(26-18-34-24-9-5-6-10-25(24)35-26)20(2)38(37-19)16-8-4-3-7-15-33-21-11-12-22-23(17-21)32(43)39(31(22)42)27-13-14-28(40)36-30(27)41/h5-6,9-12,17-18,27,33H,3-4,7-8,13-16H2,1-2H3,(H,36,40,41). The number of rotatable bonds is 10. The molecule has 1 unspecified atom stereocenters. The molecule has 2 N–H and O–H groups in total. The summed E-state index contributed by atoms with van der Waals surface area (Å²) in [6.07, 6.45) is 6.07. The van der Waals surface area contributed by atoms with E-state index in [1.807, 2.05) is 37.4 Å². The fourth-order valence-corrected chi connectivity index (χ4v) is 5.92. The largest absolute Gasteiger partial charge is 0.385 e. The number of aryl methyl sites for hydroxylation is 2. The number of carbonyl (C=O) groups excluding carboxylic acids is 4. The van der Waals surface area contributed by atoms with Crippen LogP contribution in [0.1, 0.15) is 70.6 Å². The van der Waals surface area contributed by atoms with Gasteiger partial charge in [-0.15, -0.1) is 0 Å². The van der Waals surface area contributed by atoms with Crippen LogP contribution in [0.25, 0.3) is 22.3 Å². The van der Waals surface area contributed by atoms with Gasteiger partial charge in [-0.25, -0.2) is 4.98 Å². The van der Waals surface area contributed by atoms with Crippen LogP contribution in [0.5, 0.6) is 0 Å². The Morgan fingerprint density at radius 1 is 0.930 bits per heavy atom. The second-order valence-electron chi connectivity index (χ2n) is 11.1. The van der Waals surface area contributed by atoms with Crippen LogP contribution in [-0.2, 0) is 16.1 Å². The van der Waals surface area contributed by atoms with Crippen LogP contribution in [-0.4, -0.2) is 60.9 Å². The third kappa shape index (κ3) is 5.50. The Labute approximate surface area is 248 Å². The van der Waals surface area contributed by atoms with Gasteiger partial charge in [0, 0.05) is 36.5 Å². The number of hydrogen-bond donors (Lipinski definition) is 2. The molecule has 11 heteroatoms. The van der Waals surface area contributed by atoms with Crippen LogP contribution < -0.4 is 10.6 Å². The molecular weight excluding hydrogens is 546 g/mol. The lowest BCUT2D eigenvalue weighted by Crippen LogP contribution is -2.54. The van der Waals surface area contributed by atoms with Crippen molar-refractivity contribution in [3.05, 3.63) is 71.2 Å². The molecule has 4 heterocycles. The van der Waals surface area contributed by atoms with Crippen LogP contribution in [0.3, 0.4) is 0 Å². The molecule has 2 aliphatic heterocycles. The highest BCUT2D eigenvalue weighted by atomic mass is 16.2. The van der Waals surface area contributed by atoms with Crippen LogP contribution in [0.15, 0.2) is 48.7 Å². The summed E-state index contributed by atoms with van der Waals surface area (Å²) in [7, 11) is 0. The first-order chi connectivity index (χ1) is 20.8. The minimum atomic E-state index is -0.963. The molecule has 43 heavy (non-hydrogen) atoms. The number of carbonyl (C=O) groups is 4. The molecule has 0 bridgehead atoms. The first kappa shape index (κ1) is 28.2. The summed E-state index contributed by atoms with van der Waals surface area (Å²) in [5, 5.41) is 10.3. The number of benzene rings is 2. The number of imide groups is 2. The monoisotopic (exact) mass is 579 g/mol. The third-order valence-electron chi connectivity index (χ3n) is 8.15. The minimum Gasteiger partial charge on any atom is -0.385 e. The molecule has 2 aromatic carbocycles. The number of amides is 4. The van der Waals surface area contributed by atoms with E-state index in [0.29, 0.717) is 0 Å². The summed E-state index contributed by atoms with van der Waals surface area (Å²) in [5.74, 6) is -2.00. The van der Waals surface area contributed by atoms with Crippen LogP contribution >= 0.6 is 0 Å². The van der Waals surface area contributed by atoms with Crippen molar-refractivity contribution in [2.75, 3.05) is 11.9 Å². The van der Waals surface area contributed by atoms with Crippen molar-refractivity contribution in [3.63, 3.8) is 0 Å². The van der Waals surface area contributed by atoms with Crippen molar-refractivity contribution in [3.8, 4) is 11.3 Å². The molecule has 0 saturated carbocycles. The first-order valence-corrected chi connectivity index (χ1v) is 14.7. The van der Waals surface area contributed by atoms with Crippen molar-refractivity contribution in [1.29, 1.82) is 0 Å². The Morgan fingerprint density at radius 3 is 2.51 bits per heavy atom. The minimum absolute atomic E-state index is 0.0966. The number of para-hydroxylation sites is 2. The van der Waals surface area contributed by atoms with Gasteiger partial charge in [0.25, 0.3) is 11.8 Å². The maximum atomic E-state index is 13.0. The fraction of sp³-hybridized carbons (Fsp3) is 0.344. The topological polar surface area (TPSA) is 139 Å². The molecule has 1 atom stereocenters. The van der Waals surface area contributed by atoms with Crippen molar-refractivity contribution in [2.45, 2.75) is 65.0 Å². The molecule has 2 aromatic heterocycles. The fourth-order valence-electron chi connectivity index (χ4n) is 5.92. The van der Waals surface area contributed by atoms with Gasteiger partial charge in [-0.05, 0) is 63.4 Å². The van der Waals surface area contributed by atoms with E-state index >= 15 is 0 Å². The molecule has 0 aliphatic carbocycles. The van der Waals surface area contributed by atoms with Crippen molar-refractivity contribution in [2.24, 2.45) is 0 Å². The summed E-state index contributed by atoms with van der Waals surface area (Å²) in [5.41, 5.74) is 6.96. The van der Waals surface area contributed by atoms with Gasteiger partial charge in [0.05, 0.1) is 39.7 Å². The van der Waals surface area contributed by atoms with Gasteiger partial charge < -0.3 is 5.32 Å². The van der Waals surface area contributed by atoms with Crippen LogP contribution in [0.2, 0.25) is 0 Å². The zero-order valence-electron chi connectivity index (χ0n) is 24.2. The van der Waals surface area contributed by atoms with E-state index in [1.54, 1.807) is 18.2 Å². The number of anilines is 1. The number of piperidine rings is 1. The average Bonchev–Trinajstić information content (AvgIpc) is 3.42. The average molecular weight is 580 g/mol. The van der Waals surface area contributed by atoms with Gasteiger partial charge in [0.2, 0.25) is 11.8 Å². The molecule has 1 fully saturated rings. The van der Waals surface area contributed by atoms with Gasteiger partial charge in [-0.3, -0.25) is 39.1 Å². The first-order valence-electron chi connectivity index (χ1n) is 14.7. The number of fused-ring (bicyclic) bond motifs is 2. The highest BCUT2D eigenvalue weighted by molar-refractivity contribution is 6.23. The van der Waals surface area contributed by atoms with E-state index in [1.165, 1.54) is 0 Å². The SMILES string of the molecule is Cc1nn(CCCCCCNc2ccc3c(c2)C(=O)N(C2CCC(=O)NC2=O)C3=O)c(C)c1-c1cnc2ccccc2n1. The highest BCUT2D eigenvalue weighted by Gasteiger charge is 2.44. The van der Waals surface area contributed by atoms with E-state index in [-0.39, 0.29) is 24.0 Å². The highest BCUT2D eigenvalue weighted by Crippen LogP contribution is 2.30. The van der Waals surface area contributed by atoms with Crippen molar-refractivity contribution >= 4 is 40.3 Å². The Kier molecular flexibility index (Phi) is 7.71. The van der Waals surface area contributed by atoms with E-state index < -0.39 is 29.7 Å². The molecule has 0 radical (unpaired) electrons. The Balaban J connectivity index is 0.977. The molecule has 1 saturated heterocycles. The maximum absolute atomic E-state index is 13.0. The Morgan fingerprint density at radius 2 is 1.70 bits per heavy atom. The quantitative estimate of drug-likeness (QED) is 0.211. The zero-order valence-corrected chi connectivity index (χ0v) is 24.2. The van der Waals surface area contributed by atoms with E-state index in [2.05, 4.69) is 27.2 Å². The summed E-state index contributed by atoms with van der Waals surface area (Å²) < 4.78 is 2.06. The lowest BCUT2D eigenvalue weighted by molar-refractivity contribution is -0.136. The molecule has 4 aromatic rings. The normalized spacial score (nSPS) is 16.6. The molecular formula is C32H33N7O4. The summed E-state index contributed by atoms with van der Waals surface area (Å²) >= 11 is 0. The predicted molar refractivity (Wildman–Crippen MR) is 160 cm³/mol. The molecule has 4 amide bonds. The Hall–Kier alpha value is -4.93. The van der Waals surface area contributed by atoms with Crippen LogP contribution in [0.4, 0.5) is 5.69 Å². The number of nitrogens with zero attached hydrogens (tertiary/aromatic N) is 5. The van der Waals surface area contributed by atoms with Gasteiger partial charge >= 0.3 is 0 Å². The van der Waals surface area contributed by atoms with Crippen molar-refractivity contribution < 1.29 is 19.2 Å². The molecule has 6 rings (SSSR count). The Bertz CT molecular complexity index is 1760. The summed E-state index contributed by atoms with van der Waals surface area (Å²) in [6.45, 7) is 5.64. The molecule has 11 nitrogen and oxygen atoms in total. The third-order valence-corrected chi connectivity index (χ3v) is 8.15. The number of nitrogens with one attached hydrogen (secondary N) is 2. The lowest BCUT2D eigenvalue weighted by atomic mass is 10.0. The van der Waals surface area contributed by atoms with Gasteiger partial charge in [-0.1, -0.05) is 25.0 Å². The van der Waals surface area contributed by atoms with Gasteiger partial charge in [-0.2, -0.15) is 5.10 Å². The van der Waals surface area contributed by atoms with Gasteiger partial charge in [0.15, 0.2) is 0 Å². The lowest BCUT2D eigenvalue weighted by Gasteiger charge is -2.27. The number of unbranched alkanes of at least 4 members (excludes halogenated alkanes) is 3. The second-order valence-corrected chi connectivity index (χ2v) is 11.1. The molecule has 0 spiro atoms. The number of hydrogen-bond acceptors (Lipinski definition) is 8. The summed E-state index contributed by atoms with van der Waals surface area (Å²) in [6, 6.07) is 12.0. The zero-order chi connectivity index (χ0) is 30.1. The van der Waals surface area contributed by atoms with E-state index in [4.69, 9.17) is 10.1 Å². The maximum Gasteiger partial charge on any atom is 0.262 e. The smallest absolute Gasteiger partial charge is 0.262 e.